The molecule has 8 rings (SSSR count). The van der Waals surface area contributed by atoms with Gasteiger partial charge in [0.1, 0.15) is 11.2 Å². The average Bonchev–Trinajstić information content (AvgIpc) is 3.53. The standard InChI is InChI=1S/C36H24N2O/c1-3-9-26(10-4-1)37-27-17-20-36-32(23-27)31-22-25(16-19-35(31)39-36)24-15-18-34-30(21-24)29-13-7-8-14-33(29)38(34)28-11-5-2-6-12-28/h1-23,37H. The summed E-state index contributed by atoms with van der Waals surface area (Å²) in [6, 6.07) is 49.1. The summed E-state index contributed by atoms with van der Waals surface area (Å²) >= 11 is 0. The Balaban J connectivity index is 1.27. The molecule has 0 amide bonds. The van der Waals surface area contributed by atoms with Crippen LogP contribution in [0.25, 0.3) is 60.6 Å². The number of benzene rings is 6. The Morgan fingerprint density at radius 1 is 0.436 bits per heavy atom. The summed E-state index contributed by atoms with van der Waals surface area (Å²) in [5, 5.41) is 8.23. The van der Waals surface area contributed by atoms with Crippen LogP contribution < -0.4 is 5.32 Å². The topological polar surface area (TPSA) is 30.1 Å². The molecule has 0 aliphatic carbocycles. The summed E-state index contributed by atoms with van der Waals surface area (Å²) in [6.07, 6.45) is 0. The smallest absolute Gasteiger partial charge is 0.135 e. The van der Waals surface area contributed by atoms with E-state index in [1.165, 1.54) is 38.6 Å². The minimum absolute atomic E-state index is 0.891. The van der Waals surface area contributed by atoms with E-state index in [1.54, 1.807) is 0 Å². The van der Waals surface area contributed by atoms with Crippen LogP contribution in [-0.4, -0.2) is 4.57 Å². The van der Waals surface area contributed by atoms with Crippen LogP contribution in [0.2, 0.25) is 0 Å². The average molecular weight is 501 g/mol. The highest BCUT2D eigenvalue weighted by Crippen LogP contribution is 2.37. The van der Waals surface area contributed by atoms with Crippen molar-refractivity contribution in [2.24, 2.45) is 0 Å². The zero-order valence-electron chi connectivity index (χ0n) is 21.1. The zero-order valence-corrected chi connectivity index (χ0v) is 21.1. The van der Waals surface area contributed by atoms with Crippen molar-refractivity contribution in [3.63, 3.8) is 0 Å². The van der Waals surface area contributed by atoms with E-state index in [2.05, 4.69) is 125 Å². The molecule has 8 aromatic rings. The first-order valence-electron chi connectivity index (χ1n) is 13.2. The minimum Gasteiger partial charge on any atom is -0.456 e. The van der Waals surface area contributed by atoms with Crippen molar-refractivity contribution in [3.05, 3.63) is 140 Å². The number of hydrogen-bond donors (Lipinski definition) is 1. The fourth-order valence-corrected chi connectivity index (χ4v) is 5.73. The van der Waals surface area contributed by atoms with Gasteiger partial charge < -0.3 is 14.3 Å². The summed E-state index contributed by atoms with van der Waals surface area (Å²) in [5.74, 6) is 0. The zero-order chi connectivity index (χ0) is 25.8. The summed E-state index contributed by atoms with van der Waals surface area (Å²) in [7, 11) is 0. The molecule has 6 aromatic carbocycles. The quantitative estimate of drug-likeness (QED) is 0.260. The molecule has 0 saturated heterocycles. The molecular weight excluding hydrogens is 476 g/mol. The first kappa shape index (κ1) is 21.8. The van der Waals surface area contributed by atoms with Gasteiger partial charge in [-0.3, -0.25) is 0 Å². The summed E-state index contributed by atoms with van der Waals surface area (Å²) in [4.78, 5) is 0. The molecule has 0 aliphatic heterocycles. The Bertz CT molecular complexity index is 2140. The normalized spacial score (nSPS) is 11.6. The predicted octanol–water partition coefficient (Wildman–Crippen LogP) is 10.1. The van der Waals surface area contributed by atoms with E-state index in [4.69, 9.17) is 4.42 Å². The first-order chi connectivity index (χ1) is 19.3. The molecule has 0 spiro atoms. The highest BCUT2D eigenvalue weighted by molar-refractivity contribution is 6.11. The fourth-order valence-electron chi connectivity index (χ4n) is 5.73. The lowest BCUT2D eigenvalue weighted by molar-refractivity contribution is 0.669. The predicted molar refractivity (Wildman–Crippen MR) is 163 cm³/mol. The third-order valence-corrected chi connectivity index (χ3v) is 7.55. The highest BCUT2D eigenvalue weighted by Gasteiger charge is 2.14. The Labute approximate surface area is 225 Å². The maximum Gasteiger partial charge on any atom is 0.135 e. The largest absolute Gasteiger partial charge is 0.456 e. The van der Waals surface area contributed by atoms with Crippen molar-refractivity contribution in [2.45, 2.75) is 0 Å². The van der Waals surface area contributed by atoms with Gasteiger partial charge >= 0.3 is 0 Å². The summed E-state index contributed by atoms with van der Waals surface area (Å²) < 4.78 is 8.55. The van der Waals surface area contributed by atoms with Gasteiger partial charge in [-0.25, -0.2) is 0 Å². The van der Waals surface area contributed by atoms with Crippen molar-refractivity contribution in [1.82, 2.24) is 4.57 Å². The van der Waals surface area contributed by atoms with E-state index >= 15 is 0 Å². The number of nitrogens with one attached hydrogen (secondary N) is 1. The van der Waals surface area contributed by atoms with Crippen molar-refractivity contribution in [1.29, 1.82) is 0 Å². The number of anilines is 2. The van der Waals surface area contributed by atoms with E-state index in [-0.39, 0.29) is 0 Å². The van der Waals surface area contributed by atoms with Gasteiger partial charge in [-0.2, -0.15) is 0 Å². The Morgan fingerprint density at radius 3 is 1.87 bits per heavy atom. The summed E-state index contributed by atoms with van der Waals surface area (Å²) in [5.41, 5.74) is 9.84. The molecule has 3 nitrogen and oxygen atoms in total. The molecule has 184 valence electrons. The van der Waals surface area contributed by atoms with Crippen LogP contribution in [0, 0.1) is 0 Å². The van der Waals surface area contributed by atoms with E-state index in [0.29, 0.717) is 0 Å². The second kappa shape index (κ2) is 8.64. The Kier molecular flexibility index (Phi) is 4.82. The van der Waals surface area contributed by atoms with Gasteiger partial charge in [-0.05, 0) is 83.9 Å². The lowest BCUT2D eigenvalue weighted by Gasteiger charge is -2.08. The molecule has 0 saturated carbocycles. The van der Waals surface area contributed by atoms with Crippen molar-refractivity contribution >= 4 is 55.1 Å². The Hall–Kier alpha value is -5.28. The van der Waals surface area contributed by atoms with Gasteiger partial charge in [0.05, 0.1) is 11.0 Å². The second-order valence-electron chi connectivity index (χ2n) is 9.94. The van der Waals surface area contributed by atoms with Crippen molar-refractivity contribution < 1.29 is 4.42 Å². The maximum atomic E-state index is 6.20. The number of aromatic nitrogens is 1. The number of fused-ring (bicyclic) bond motifs is 6. The number of rotatable bonds is 4. The molecule has 0 unspecified atom stereocenters. The van der Waals surface area contributed by atoms with E-state index in [1.807, 2.05) is 24.3 Å². The Morgan fingerprint density at radius 2 is 1.05 bits per heavy atom. The van der Waals surface area contributed by atoms with Crippen LogP contribution in [0.1, 0.15) is 0 Å². The van der Waals surface area contributed by atoms with E-state index in [9.17, 15) is 0 Å². The van der Waals surface area contributed by atoms with Crippen LogP contribution in [-0.2, 0) is 0 Å². The fraction of sp³-hybridized carbons (Fsp3) is 0. The van der Waals surface area contributed by atoms with E-state index < -0.39 is 0 Å². The second-order valence-corrected chi connectivity index (χ2v) is 9.94. The van der Waals surface area contributed by atoms with Crippen LogP contribution in [0.4, 0.5) is 11.4 Å². The van der Waals surface area contributed by atoms with Gasteiger partial charge in [0.15, 0.2) is 0 Å². The molecular formula is C36H24N2O. The highest BCUT2D eigenvalue weighted by atomic mass is 16.3. The number of para-hydroxylation sites is 3. The van der Waals surface area contributed by atoms with Crippen molar-refractivity contribution in [3.8, 4) is 16.8 Å². The molecule has 0 aliphatic rings. The molecule has 0 radical (unpaired) electrons. The van der Waals surface area contributed by atoms with Gasteiger partial charge in [0, 0.05) is 38.6 Å². The van der Waals surface area contributed by atoms with Crippen LogP contribution >= 0.6 is 0 Å². The molecule has 0 bridgehead atoms. The molecule has 39 heavy (non-hydrogen) atoms. The third-order valence-electron chi connectivity index (χ3n) is 7.55. The van der Waals surface area contributed by atoms with Gasteiger partial charge in [0.2, 0.25) is 0 Å². The van der Waals surface area contributed by atoms with Crippen LogP contribution in [0.15, 0.2) is 144 Å². The maximum absolute atomic E-state index is 6.20. The molecule has 3 heteroatoms. The SMILES string of the molecule is c1ccc(Nc2ccc3oc4ccc(-c5ccc6c(c5)c5ccccc5n6-c5ccccc5)cc4c3c2)cc1. The van der Waals surface area contributed by atoms with Crippen LogP contribution in [0.5, 0.6) is 0 Å². The van der Waals surface area contributed by atoms with Gasteiger partial charge in [0.25, 0.3) is 0 Å². The first-order valence-corrected chi connectivity index (χ1v) is 13.2. The van der Waals surface area contributed by atoms with E-state index in [0.717, 1.165) is 33.3 Å². The van der Waals surface area contributed by atoms with Gasteiger partial charge in [-0.1, -0.05) is 66.7 Å². The number of nitrogens with zero attached hydrogens (tertiary/aromatic N) is 1. The molecule has 2 aromatic heterocycles. The third kappa shape index (κ3) is 3.59. The van der Waals surface area contributed by atoms with Crippen LogP contribution in [0.3, 0.4) is 0 Å². The minimum atomic E-state index is 0.891. The lowest BCUT2D eigenvalue weighted by Crippen LogP contribution is -1.92. The monoisotopic (exact) mass is 500 g/mol. The van der Waals surface area contributed by atoms with Gasteiger partial charge in [-0.15, -0.1) is 0 Å². The number of hydrogen-bond acceptors (Lipinski definition) is 2. The number of furan rings is 1. The molecule has 0 fully saturated rings. The molecule has 0 atom stereocenters. The van der Waals surface area contributed by atoms with Crippen molar-refractivity contribution in [2.75, 3.05) is 5.32 Å². The molecule has 1 N–H and O–H groups in total. The lowest BCUT2D eigenvalue weighted by atomic mass is 10.0. The summed E-state index contributed by atoms with van der Waals surface area (Å²) in [6.45, 7) is 0. The molecule has 2 heterocycles.